The van der Waals surface area contributed by atoms with E-state index >= 15 is 0 Å². The molecule has 0 aliphatic carbocycles. The molecule has 2 heterocycles. The summed E-state index contributed by atoms with van der Waals surface area (Å²) < 4.78 is 13.8. The first-order chi connectivity index (χ1) is 8.31. The predicted octanol–water partition coefficient (Wildman–Crippen LogP) is 1.73. The first-order valence-electron chi connectivity index (χ1n) is 6.28. The van der Waals surface area contributed by atoms with Crippen LogP contribution in [0.2, 0.25) is 0 Å². The lowest BCUT2D eigenvalue weighted by Crippen LogP contribution is -2.24. The Labute approximate surface area is 101 Å². The molecule has 1 aromatic rings. The molecule has 94 valence electrons. The topological polar surface area (TPSA) is 49.8 Å². The molecule has 0 radical (unpaired) electrons. The van der Waals surface area contributed by atoms with Crippen molar-refractivity contribution in [2.45, 2.75) is 38.6 Å². The number of nitrogens with one attached hydrogen (secondary N) is 2. The van der Waals surface area contributed by atoms with E-state index in [0.29, 0.717) is 24.0 Å². The van der Waals surface area contributed by atoms with E-state index in [-0.39, 0.29) is 5.82 Å². The number of aromatic nitrogens is 2. The molecular weight excluding hydrogens is 219 g/mol. The minimum absolute atomic E-state index is 0.311. The van der Waals surface area contributed by atoms with E-state index < -0.39 is 0 Å². The number of rotatable bonds is 5. The van der Waals surface area contributed by atoms with Crippen LogP contribution in [0.4, 0.5) is 10.2 Å². The molecule has 1 aliphatic rings. The van der Waals surface area contributed by atoms with Gasteiger partial charge in [-0.25, -0.2) is 14.4 Å². The smallest absolute Gasteiger partial charge is 0.186 e. The SMILES string of the molecule is CCc1ncnc(NCC[C@@H]2CCCN2)c1F. The Balaban J connectivity index is 1.85. The van der Waals surface area contributed by atoms with Crippen molar-refractivity contribution in [1.82, 2.24) is 15.3 Å². The molecule has 2 rings (SSSR count). The van der Waals surface area contributed by atoms with Crippen molar-refractivity contribution < 1.29 is 4.39 Å². The maximum Gasteiger partial charge on any atom is 0.186 e. The van der Waals surface area contributed by atoms with Crippen LogP contribution in [-0.2, 0) is 6.42 Å². The zero-order valence-corrected chi connectivity index (χ0v) is 10.2. The van der Waals surface area contributed by atoms with E-state index in [9.17, 15) is 4.39 Å². The molecule has 0 aromatic carbocycles. The number of aryl methyl sites for hydroxylation is 1. The molecule has 0 unspecified atom stereocenters. The van der Waals surface area contributed by atoms with Gasteiger partial charge in [-0.3, -0.25) is 0 Å². The fourth-order valence-electron chi connectivity index (χ4n) is 2.14. The fraction of sp³-hybridized carbons (Fsp3) is 0.667. The molecule has 5 heteroatoms. The summed E-state index contributed by atoms with van der Waals surface area (Å²) in [4.78, 5) is 7.84. The third-order valence-corrected chi connectivity index (χ3v) is 3.14. The fourth-order valence-corrected chi connectivity index (χ4v) is 2.14. The summed E-state index contributed by atoms with van der Waals surface area (Å²) >= 11 is 0. The van der Waals surface area contributed by atoms with Crippen molar-refractivity contribution in [3.63, 3.8) is 0 Å². The standard InChI is InChI=1S/C12H19FN4/c1-2-10-11(13)12(17-8-16-10)15-7-5-9-4-3-6-14-9/h8-9,14H,2-7H2,1H3,(H,15,16,17)/t9-/m0/s1. The minimum Gasteiger partial charge on any atom is -0.367 e. The number of halogens is 1. The zero-order valence-electron chi connectivity index (χ0n) is 10.2. The minimum atomic E-state index is -0.311. The summed E-state index contributed by atoms with van der Waals surface area (Å²) in [5.74, 6) is 0.0178. The van der Waals surface area contributed by atoms with Gasteiger partial charge in [0.1, 0.15) is 6.33 Å². The second-order valence-electron chi connectivity index (χ2n) is 4.35. The van der Waals surface area contributed by atoms with Gasteiger partial charge in [0.25, 0.3) is 0 Å². The second kappa shape index (κ2) is 5.91. The normalized spacial score (nSPS) is 19.5. The van der Waals surface area contributed by atoms with Gasteiger partial charge in [-0.2, -0.15) is 0 Å². The molecule has 0 amide bonds. The number of hydrogen-bond acceptors (Lipinski definition) is 4. The Hall–Kier alpha value is -1.23. The highest BCUT2D eigenvalue weighted by Gasteiger charge is 2.14. The molecule has 4 nitrogen and oxygen atoms in total. The maximum atomic E-state index is 13.8. The van der Waals surface area contributed by atoms with Crippen LogP contribution in [0.5, 0.6) is 0 Å². The lowest BCUT2D eigenvalue weighted by Gasteiger charge is -2.12. The van der Waals surface area contributed by atoms with E-state index in [0.717, 1.165) is 19.5 Å². The van der Waals surface area contributed by atoms with E-state index in [4.69, 9.17) is 0 Å². The summed E-state index contributed by atoms with van der Waals surface area (Å²) in [6.45, 7) is 3.74. The van der Waals surface area contributed by atoms with Crippen LogP contribution in [0.15, 0.2) is 6.33 Å². The van der Waals surface area contributed by atoms with E-state index in [1.807, 2.05) is 6.92 Å². The Bertz CT molecular complexity index is 364. The van der Waals surface area contributed by atoms with Crippen molar-refractivity contribution in [1.29, 1.82) is 0 Å². The highest BCUT2D eigenvalue weighted by atomic mass is 19.1. The van der Waals surface area contributed by atoms with Gasteiger partial charge in [-0.15, -0.1) is 0 Å². The first-order valence-corrected chi connectivity index (χ1v) is 6.28. The van der Waals surface area contributed by atoms with Gasteiger partial charge in [-0.05, 0) is 32.2 Å². The van der Waals surface area contributed by atoms with Gasteiger partial charge < -0.3 is 10.6 Å². The molecule has 1 aromatic heterocycles. The molecule has 0 spiro atoms. The summed E-state index contributed by atoms with van der Waals surface area (Å²) in [5, 5.41) is 6.46. The lowest BCUT2D eigenvalue weighted by atomic mass is 10.1. The second-order valence-corrected chi connectivity index (χ2v) is 4.35. The summed E-state index contributed by atoms with van der Waals surface area (Å²) in [6, 6.07) is 0.568. The van der Waals surface area contributed by atoms with Gasteiger partial charge in [0.2, 0.25) is 0 Å². The Morgan fingerprint density at radius 3 is 3.12 bits per heavy atom. The quantitative estimate of drug-likeness (QED) is 0.820. The van der Waals surface area contributed by atoms with Gasteiger partial charge >= 0.3 is 0 Å². The highest BCUT2D eigenvalue weighted by Crippen LogP contribution is 2.14. The summed E-state index contributed by atoms with van der Waals surface area (Å²) in [7, 11) is 0. The van der Waals surface area contributed by atoms with Crippen molar-refractivity contribution in [3.05, 3.63) is 17.8 Å². The van der Waals surface area contributed by atoms with Crippen molar-refractivity contribution >= 4 is 5.82 Å². The lowest BCUT2D eigenvalue weighted by molar-refractivity contribution is 0.567. The molecule has 1 atom stereocenters. The largest absolute Gasteiger partial charge is 0.367 e. The van der Waals surface area contributed by atoms with Gasteiger partial charge in [-0.1, -0.05) is 6.92 Å². The van der Waals surface area contributed by atoms with Crippen LogP contribution in [0, 0.1) is 5.82 Å². The molecule has 2 N–H and O–H groups in total. The van der Waals surface area contributed by atoms with Crippen LogP contribution in [0.3, 0.4) is 0 Å². The van der Waals surface area contributed by atoms with Crippen molar-refractivity contribution in [2.24, 2.45) is 0 Å². The van der Waals surface area contributed by atoms with E-state index in [2.05, 4.69) is 20.6 Å². The van der Waals surface area contributed by atoms with Crippen LogP contribution >= 0.6 is 0 Å². The average Bonchev–Trinajstić information content (AvgIpc) is 2.84. The molecule has 1 saturated heterocycles. The number of hydrogen-bond donors (Lipinski definition) is 2. The Kier molecular flexibility index (Phi) is 4.25. The molecule has 17 heavy (non-hydrogen) atoms. The van der Waals surface area contributed by atoms with Crippen LogP contribution < -0.4 is 10.6 Å². The Morgan fingerprint density at radius 1 is 1.53 bits per heavy atom. The van der Waals surface area contributed by atoms with Crippen LogP contribution in [0.25, 0.3) is 0 Å². The number of anilines is 1. The van der Waals surface area contributed by atoms with Crippen LogP contribution in [-0.4, -0.2) is 29.1 Å². The van der Waals surface area contributed by atoms with E-state index in [1.54, 1.807) is 0 Å². The highest BCUT2D eigenvalue weighted by molar-refractivity contribution is 5.37. The summed E-state index contributed by atoms with van der Waals surface area (Å²) in [5.41, 5.74) is 0.474. The molecule has 1 fully saturated rings. The summed E-state index contributed by atoms with van der Waals surface area (Å²) in [6.07, 6.45) is 5.47. The zero-order chi connectivity index (χ0) is 12.1. The molecular formula is C12H19FN4. The predicted molar refractivity (Wildman–Crippen MR) is 65.5 cm³/mol. The third kappa shape index (κ3) is 3.12. The Morgan fingerprint density at radius 2 is 2.41 bits per heavy atom. The van der Waals surface area contributed by atoms with E-state index in [1.165, 1.54) is 19.2 Å². The van der Waals surface area contributed by atoms with Crippen molar-refractivity contribution in [3.8, 4) is 0 Å². The molecule has 0 bridgehead atoms. The van der Waals surface area contributed by atoms with Gasteiger partial charge in [0.05, 0.1) is 5.69 Å². The third-order valence-electron chi connectivity index (χ3n) is 3.14. The van der Waals surface area contributed by atoms with Crippen molar-refractivity contribution in [2.75, 3.05) is 18.4 Å². The van der Waals surface area contributed by atoms with Gasteiger partial charge in [0.15, 0.2) is 11.6 Å². The average molecular weight is 238 g/mol. The first kappa shape index (κ1) is 12.2. The number of nitrogens with zero attached hydrogens (tertiary/aromatic N) is 2. The maximum absolute atomic E-state index is 13.8. The van der Waals surface area contributed by atoms with Gasteiger partial charge in [0, 0.05) is 12.6 Å². The molecule has 1 aliphatic heterocycles. The monoisotopic (exact) mass is 238 g/mol. The molecule has 0 saturated carbocycles. The van der Waals surface area contributed by atoms with Crippen LogP contribution in [0.1, 0.15) is 31.9 Å².